The summed E-state index contributed by atoms with van der Waals surface area (Å²) in [5.41, 5.74) is -2.06. The van der Waals surface area contributed by atoms with Crippen molar-refractivity contribution in [2.24, 2.45) is 5.41 Å². The van der Waals surface area contributed by atoms with Gasteiger partial charge in [-0.05, 0) is 27.7 Å². The van der Waals surface area contributed by atoms with Crippen molar-refractivity contribution in [2.45, 2.75) is 27.7 Å². The Labute approximate surface area is 76.3 Å². The maximum Gasteiger partial charge on any atom is 0.202 e. The standard InChI is InChI=1S/C9H12O4/c1-5(10)9(6(2)11,7(3)12)8(4)13/h1-4H3. The van der Waals surface area contributed by atoms with E-state index in [0.29, 0.717) is 0 Å². The maximum absolute atomic E-state index is 11.1. The monoisotopic (exact) mass is 184 g/mol. The van der Waals surface area contributed by atoms with Crippen LogP contribution >= 0.6 is 0 Å². The predicted molar refractivity (Wildman–Crippen MR) is 45.2 cm³/mol. The van der Waals surface area contributed by atoms with Crippen molar-refractivity contribution in [3.8, 4) is 0 Å². The Balaban J connectivity index is 5.60. The Hall–Kier alpha value is -1.32. The SMILES string of the molecule is CC(=O)C(C(C)=O)(C(C)=O)C(C)=O. The van der Waals surface area contributed by atoms with Crippen molar-refractivity contribution in [3.05, 3.63) is 0 Å². The summed E-state index contributed by atoms with van der Waals surface area (Å²) < 4.78 is 0. The minimum absolute atomic E-state index is 0.708. The van der Waals surface area contributed by atoms with Gasteiger partial charge in [-0.3, -0.25) is 19.2 Å². The van der Waals surface area contributed by atoms with Gasteiger partial charge in [-0.2, -0.15) is 0 Å². The van der Waals surface area contributed by atoms with Crippen LogP contribution in [0.5, 0.6) is 0 Å². The lowest BCUT2D eigenvalue weighted by Gasteiger charge is -2.21. The molecule has 0 fully saturated rings. The fourth-order valence-electron chi connectivity index (χ4n) is 1.49. The molecule has 0 saturated heterocycles. The third kappa shape index (κ3) is 1.56. The molecule has 0 aliphatic carbocycles. The highest BCUT2D eigenvalue weighted by Crippen LogP contribution is 2.22. The van der Waals surface area contributed by atoms with Crippen molar-refractivity contribution < 1.29 is 19.2 Å². The first-order chi connectivity index (χ1) is 5.77. The molecule has 0 heterocycles. The van der Waals surface area contributed by atoms with E-state index in [4.69, 9.17) is 0 Å². The highest BCUT2D eigenvalue weighted by molar-refractivity contribution is 6.37. The second kappa shape index (κ2) is 3.60. The Morgan fingerprint density at radius 3 is 0.769 bits per heavy atom. The minimum Gasteiger partial charge on any atom is -0.298 e. The van der Waals surface area contributed by atoms with Gasteiger partial charge in [0.2, 0.25) is 5.41 Å². The number of carbonyl (C=O) groups excluding carboxylic acids is 4. The van der Waals surface area contributed by atoms with Crippen LogP contribution < -0.4 is 0 Å². The van der Waals surface area contributed by atoms with Crippen LogP contribution in [0.2, 0.25) is 0 Å². The average Bonchev–Trinajstić information content (AvgIpc) is 1.82. The van der Waals surface area contributed by atoms with Crippen molar-refractivity contribution in [3.63, 3.8) is 0 Å². The highest BCUT2D eigenvalue weighted by Gasteiger charge is 2.49. The van der Waals surface area contributed by atoms with Gasteiger partial charge in [-0.1, -0.05) is 0 Å². The normalized spacial score (nSPS) is 10.8. The van der Waals surface area contributed by atoms with E-state index in [1.165, 1.54) is 0 Å². The molecule has 0 atom stereocenters. The molecule has 0 N–H and O–H groups in total. The molecule has 0 rings (SSSR count). The highest BCUT2D eigenvalue weighted by atomic mass is 16.2. The summed E-state index contributed by atoms with van der Waals surface area (Å²) in [6, 6.07) is 0. The molecule has 0 aliphatic heterocycles. The number of ketones is 4. The summed E-state index contributed by atoms with van der Waals surface area (Å²) in [5.74, 6) is -2.83. The summed E-state index contributed by atoms with van der Waals surface area (Å²) in [4.78, 5) is 44.5. The fraction of sp³-hybridized carbons (Fsp3) is 0.556. The van der Waals surface area contributed by atoms with Gasteiger partial charge in [-0.25, -0.2) is 0 Å². The molecule has 0 unspecified atom stereocenters. The molecular weight excluding hydrogens is 172 g/mol. The second-order valence-corrected chi connectivity index (χ2v) is 2.97. The molecule has 0 aromatic carbocycles. The van der Waals surface area contributed by atoms with Crippen LogP contribution in [0, 0.1) is 5.41 Å². The zero-order valence-electron chi connectivity index (χ0n) is 8.13. The van der Waals surface area contributed by atoms with E-state index >= 15 is 0 Å². The predicted octanol–water partition coefficient (Wildman–Crippen LogP) is 0.329. The number of hydrogen-bond acceptors (Lipinski definition) is 4. The number of hydrogen-bond donors (Lipinski definition) is 0. The largest absolute Gasteiger partial charge is 0.298 e. The number of carbonyl (C=O) groups is 4. The molecular formula is C9H12O4. The first kappa shape index (κ1) is 11.7. The van der Waals surface area contributed by atoms with Gasteiger partial charge in [0.1, 0.15) is 0 Å². The van der Waals surface area contributed by atoms with E-state index in [1.807, 2.05) is 0 Å². The van der Waals surface area contributed by atoms with Gasteiger partial charge in [0.05, 0.1) is 0 Å². The summed E-state index contributed by atoms with van der Waals surface area (Å²) in [7, 11) is 0. The zero-order chi connectivity index (χ0) is 10.8. The molecule has 0 bridgehead atoms. The van der Waals surface area contributed by atoms with Crippen molar-refractivity contribution >= 4 is 23.1 Å². The Morgan fingerprint density at radius 1 is 0.615 bits per heavy atom. The van der Waals surface area contributed by atoms with Gasteiger partial charge < -0.3 is 0 Å². The van der Waals surface area contributed by atoms with Crippen molar-refractivity contribution in [1.29, 1.82) is 0 Å². The molecule has 0 aromatic heterocycles. The van der Waals surface area contributed by atoms with E-state index in [0.717, 1.165) is 27.7 Å². The first-order valence-corrected chi connectivity index (χ1v) is 3.82. The molecule has 0 amide bonds. The molecule has 0 spiro atoms. The van der Waals surface area contributed by atoms with Gasteiger partial charge in [0, 0.05) is 0 Å². The Bertz CT molecular complexity index is 226. The molecule has 0 saturated carbocycles. The molecule has 72 valence electrons. The van der Waals surface area contributed by atoms with Gasteiger partial charge in [0.15, 0.2) is 23.1 Å². The van der Waals surface area contributed by atoms with Crippen LogP contribution in [0.15, 0.2) is 0 Å². The summed E-state index contributed by atoms with van der Waals surface area (Å²) >= 11 is 0. The summed E-state index contributed by atoms with van der Waals surface area (Å²) in [6.45, 7) is 4.29. The van der Waals surface area contributed by atoms with Crippen LogP contribution in [-0.4, -0.2) is 23.1 Å². The summed E-state index contributed by atoms with van der Waals surface area (Å²) in [5, 5.41) is 0. The molecule has 0 radical (unpaired) electrons. The van der Waals surface area contributed by atoms with Crippen molar-refractivity contribution in [2.75, 3.05) is 0 Å². The maximum atomic E-state index is 11.1. The van der Waals surface area contributed by atoms with Crippen LogP contribution in [0.4, 0.5) is 0 Å². The Morgan fingerprint density at radius 2 is 0.769 bits per heavy atom. The quantitative estimate of drug-likeness (QED) is 0.590. The van der Waals surface area contributed by atoms with Crippen molar-refractivity contribution in [1.82, 2.24) is 0 Å². The Kier molecular flexibility index (Phi) is 3.23. The van der Waals surface area contributed by atoms with Gasteiger partial charge >= 0.3 is 0 Å². The van der Waals surface area contributed by atoms with Crippen LogP contribution in [0.25, 0.3) is 0 Å². The van der Waals surface area contributed by atoms with E-state index in [9.17, 15) is 19.2 Å². The van der Waals surface area contributed by atoms with Crippen LogP contribution in [0.1, 0.15) is 27.7 Å². The zero-order valence-corrected chi connectivity index (χ0v) is 8.13. The van der Waals surface area contributed by atoms with E-state index < -0.39 is 28.5 Å². The van der Waals surface area contributed by atoms with E-state index in [-0.39, 0.29) is 0 Å². The minimum atomic E-state index is -2.06. The number of Topliss-reactive ketones (excluding diaryl/α,β-unsaturated/α-hetero) is 4. The summed E-state index contributed by atoms with van der Waals surface area (Å²) in [6.07, 6.45) is 0. The third-order valence-corrected chi connectivity index (χ3v) is 2.11. The molecule has 0 aromatic rings. The van der Waals surface area contributed by atoms with Crippen LogP contribution in [0.3, 0.4) is 0 Å². The lowest BCUT2D eigenvalue weighted by atomic mass is 9.74. The fourth-order valence-corrected chi connectivity index (χ4v) is 1.49. The molecule has 4 heteroatoms. The lowest BCUT2D eigenvalue weighted by Crippen LogP contribution is -2.48. The third-order valence-electron chi connectivity index (χ3n) is 2.11. The second-order valence-electron chi connectivity index (χ2n) is 2.97. The molecule has 13 heavy (non-hydrogen) atoms. The average molecular weight is 184 g/mol. The van der Waals surface area contributed by atoms with Gasteiger partial charge in [-0.15, -0.1) is 0 Å². The van der Waals surface area contributed by atoms with E-state index in [1.54, 1.807) is 0 Å². The van der Waals surface area contributed by atoms with E-state index in [2.05, 4.69) is 0 Å². The van der Waals surface area contributed by atoms with Crippen LogP contribution in [-0.2, 0) is 19.2 Å². The number of rotatable bonds is 4. The topological polar surface area (TPSA) is 68.3 Å². The van der Waals surface area contributed by atoms with Gasteiger partial charge in [0.25, 0.3) is 0 Å². The first-order valence-electron chi connectivity index (χ1n) is 3.82. The smallest absolute Gasteiger partial charge is 0.202 e. The molecule has 0 aliphatic rings. The lowest BCUT2D eigenvalue weighted by molar-refractivity contribution is -0.151. The molecule has 4 nitrogen and oxygen atoms in total.